The van der Waals surface area contributed by atoms with E-state index in [1.54, 1.807) is 20.8 Å². The molecule has 0 bridgehead atoms. The highest BCUT2D eigenvalue weighted by molar-refractivity contribution is 6.03. The van der Waals surface area contributed by atoms with E-state index in [9.17, 15) is 9.59 Å². The van der Waals surface area contributed by atoms with Crippen LogP contribution in [0, 0.1) is 5.41 Å². The summed E-state index contributed by atoms with van der Waals surface area (Å²) in [6, 6.07) is 12.2. The lowest BCUT2D eigenvalue weighted by molar-refractivity contribution is -0.123. The fraction of sp³-hybridized carbons (Fsp3) is 0.304. The van der Waals surface area contributed by atoms with E-state index in [1.807, 2.05) is 30.3 Å². The molecule has 3 aromatic rings. The number of hydrogen-bond donors (Lipinski definition) is 1. The molecule has 32 heavy (non-hydrogen) atoms. The average molecular weight is 439 g/mol. The standard InChI is InChI=1S/C23H25N3O6/c1-23(2,3)22(28)24-16-12-18(30-5)17(29-4)11-15(16)21(27)31-13-19-25-26-20(32-19)14-9-7-6-8-10-14/h6-12H,13H2,1-5H3,(H,24,28). The van der Waals surface area contributed by atoms with Crippen LogP contribution in [0.3, 0.4) is 0 Å². The fourth-order valence-corrected chi connectivity index (χ4v) is 2.68. The van der Waals surface area contributed by atoms with Crippen LogP contribution in [0.5, 0.6) is 11.5 Å². The van der Waals surface area contributed by atoms with Crippen molar-refractivity contribution in [1.82, 2.24) is 10.2 Å². The lowest BCUT2D eigenvalue weighted by Crippen LogP contribution is -2.28. The highest BCUT2D eigenvalue weighted by Gasteiger charge is 2.25. The van der Waals surface area contributed by atoms with E-state index >= 15 is 0 Å². The number of anilines is 1. The van der Waals surface area contributed by atoms with Crippen molar-refractivity contribution in [3.05, 3.63) is 53.9 Å². The Hall–Kier alpha value is -3.88. The first kappa shape index (κ1) is 22.8. The second kappa shape index (κ2) is 9.51. The number of carbonyl (C=O) groups is 2. The van der Waals surface area contributed by atoms with Gasteiger partial charge in [-0.1, -0.05) is 39.0 Å². The van der Waals surface area contributed by atoms with Gasteiger partial charge >= 0.3 is 5.97 Å². The van der Waals surface area contributed by atoms with Gasteiger partial charge in [-0.15, -0.1) is 10.2 Å². The van der Waals surface area contributed by atoms with Crippen molar-refractivity contribution < 1.29 is 28.2 Å². The lowest BCUT2D eigenvalue weighted by atomic mass is 9.95. The zero-order valence-corrected chi connectivity index (χ0v) is 18.6. The summed E-state index contributed by atoms with van der Waals surface area (Å²) >= 11 is 0. The molecule has 0 unspecified atom stereocenters. The van der Waals surface area contributed by atoms with Crippen molar-refractivity contribution in [2.24, 2.45) is 5.41 Å². The Kier molecular flexibility index (Phi) is 6.77. The van der Waals surface area contributed by atoms with Crippen molar-refractivity contribution in [3.8, 4) is 23.0 Å². The van der Waals surface area contributed by atoms with Crippen LogP contribution in [0.15, 0.2) is 46.9 Å². The largest absolute Gasteiger partial charge is 0.493 e. The third kappa shape index (κ3) is 5.23. The molecule has 1 N–H and O–H groups in total. The number of amides is 1. The van der Waals surface area contributed by atoms with Crippen LogP contribution in [0.4, 0.5) is 5.69 Å². The number of hydrogen-bond acceptors (Lipinski definition) is 8. The second-order valence-electron chi connectivity index (χ2n) is 7.90. The van der Waals surface area contributed by atoms with Gasteiger partial charge in [-0.2, -0.15) is 0 Å². The average Bonchev–Trinajstić information content (AvgIpc) is 3.26. The molecule has 0 atom stereocenters. The summed E-state index contributed by atoms with van der Waals surface area (Å²) in [6.45, 7) is 5.06. The number of aromatic nitrogens is 2. The number of ether oxygens (including phenoxy) is 3. The monoisotopic (exact) mass is 439 g/mol. The Morgan fingerprint density at radius 2 is 1.66 bits per heavy atom. The Bertz CT molecular complexity index is 1100. The van der Waals surface area contributed by atoms with Crippen molar-refractivity contribution in [2.45, 2.75) is 27.4 Å². The number of nitrogens with zero attached hydrogens (tertiary/aromatic N) is 2. The maximum absolute atomic E-state index is 12.9. The van der Waals surface area contributed by atoms with Gasteiger partial charge in [0.15, 0.2) is 18.1 Å². The summed E-state index contributed by atoms with van der Waals surface area (Å²) in [6.07, 6.45) is 0. The van der Waals surface area contributed by atoms with E-state index in [2.05, 4.69) is 15.5 Å². The van der Waals surface area contributed by atoms with Crippen LogP contribution < -0.4 is 14.8 Å². The normalized spacial score (nSPS) is 11.0. The van der Waals surface area contributed by atoms with Crippen molar-refractivity contribution in [2.75, 3.05) is 19.5 Å². The summed E-state index contributed by atoms with van der Waals surface area (Å²) in [4.78, 5) is 25.4. The quantitative estimate of drug-likeness (QED) is 0.548. The molecule has 9 heteroatoms. The van der Waals surface area contributed by atoms with Gasteiger partial charge in [0.25, 0.3) is 5.89 Å². The van der Waals surface area contributed by atoms with Gasteiger partial charge in [-0.05, 0) is 12.1 Å². The molecule has 168 valence electrons. The highest BCUT2D eigenvalue weighted by Crippen LogP contribution is 2.34. The molecule has 0 radical (unpaired) electrons. The van der Waals surface area contributed by atoms with Gasteiger partial charge in [0.1, 0.15) is 0 Å². The Labute approximate surface area is 185 Å². The molecular formula is C23H25N3O6. The molecule has 0 aliphatic carbocycles. The van der Waals surface area contributed by atoms with E-state index < -0.39 is 11.4 Å². The molecular weight excluding hydrogens is 414 g/mol. The first-order valence-corrected chi connectivity index (χ1v) is 9.85. The number of benzene rings is 2. The third-order valence-corrected chi connectivity index (χ3v) is 4.49. The summed E-state index contributed by atoms with van der Waals surface area (Å²) in [7, 11) is 2.91. The van der Waals surface area contributed by atoms with Gasteiger partial charge in [-0.3, -0.25) is 4.79 Å². The summed E-state index contributed by atoms with van der Waals surface area (Å²) in [5, 5.41) is 10.6. The summed E-state index contributed by atoms with van der Waals surface area (Å²) in [5.74, 6) is 0.159. The summed E-state index contributed by atoms with van der Waals surface area (Å²) < 4.78 is 21.5. The Balaban J connectivity index is 1.81. The molecule has 0 spiro atoms. The minimum atomic E-state index is -0.699. The Morgan fingerprint density at radius 1 is 1.00 bits per heavy atom. The van der Waals surface area contributed by atoms with Crippen molar-refractivity contribution in [3.63, 3.8) is 0 Å². The van der Waals surface area contributed by atoms with Gasteiger partial charge < -0.3 is 23.9 Å². The van der Waals surface area contributed by atoms with Crippen LogP contribution in [-0.2, 0) is 16.1 Å². The van der Waals surface area contributed by atoms with Crippen LogP contribution in [0.1, 0.15) is 37.0 Å². The predicted octanol–water partition coefficient (Wildman–Crippen LogP) is 4.10. The van der Waals surface area contributed by atoms with Crippen molar-refractivity contribution >= 4 is 17.6 Å². The van der Waals surface area contributed by atoms with E-state index in [4.69, 9.17) is 18.6 Å². The molecule has 0 saturated carbocycles. The molecule has 9 nitrogen and oxygen atoms in total. The molecule has 0 fully saturated rings. The van der Waals surface area contributed by atoms with Gasteiger partial charge in [0.05, 0.1) is 25.5 Å². The van der Waals surface area contributed by atoms with Crippen LogP contribution in [0.25, 0.3) is 11.5 Å². The highest BCUT2D eigenvalue weighted by atomic mass is 16.5. The maximum Gasteiger partial charge on any atom is 0.340 e. The zero-order chi connectivity index (χ0) is 23.3. The van der Waals surface area contributed by atoms with E-state index in [0.717, 1.165) is 5.56 Å². The van der Waals surface area contributed by atoms with Gasteiger partial charge in [-0.25, -0.2) is 4.79 Å². The van der Waals surface area contributed by atoms with E-state index in [-0.39, 0.29) is 29.7 Å². The van der Waals surface area contributed by atoms with Crippen LogP contribution in [-0.4, -0.2) is 36.3 Å². The first-order chi connectivity index (χ1) is 15.2. The zero-order valence-electron chi connectivity index (χ0n) is 18.6. The molecule has 1 aromatic heterocycles. The maximum atomic E-state index is 12.9. The molecule has 0 saturated heterocycles. The SMILES string of the molecule is COc1cc(NC(=O)C(C)(C)C)c(C(=O)OCc2nnc(-c3ccccc3)o2)cc1OC. The number of rotatable bonds is 7. The number of carbonyl (C=O) groups excluding carboxylic acids is 2. The van der Waals surface area contributed by atoms with E-state index in [1.165, 1.54) is 26.4 Å². The predicted molar refractivity (Wildman–Crippen MR) is 116 cm³/mol. The molecule has 2 aromatic carbocycles. The topological polar surface area (TPSA) is 113 Å². The minimum Gasteiger partial charge on any atom is -0.493 e. The van der Waals surface area contributed by atoms with E-state index in [0.29, 0.717) is 17.4 Å². The fourth-order valence-electron chi connectivity index (χ4n) is 2.68. The lowest BCUT2D eigenvalue weighted by Gasteiger charge is -2.20. The third-order valence-electron chi connectivity index (χ3n) is 4.49. The summed E-state index contributed by atoms with van der Waals surface area (Å²) in [5.41, 5.74) is 0.419. The van der Waals surface area contributed by atoms with Gasteiger partial charge in [0.2, 0.25) is 11.8 Å². The molecule has 1 heterocycles. The first-order valence-electron chi connectivity index (χ1n) is 9.85. The number of methoxy groups -OCH3 is 2. The molecule has 1 amide bonds. The van der Waals surface area contributed by atoms with Crippen molar-refractivity contribution in [1.29, 1.82) is 0 Å². The smallest absolute Gasteiger partial charge is 0.340 e. The van der Waals surface area contributed by atoms with Crippen LogP contribution in [0.2, 0.25) is 0 Å². The van der Waals surface area contributed by atoms with Gasteiger partial charge in [0, 0.05) is 23.1 Å². The van der Waals surface area contributed by atoms with Crippen LogP contribution >= 0.6 is 0 Å². The second-order valence-corrected chi connectivity index (χ2v) is 7.90. The number of nitrogens with one attached hydrogen (secondary N) is 1. The minimum absolute atomic E-state index is 0.100. The molecule has 3 rings (SSSR count). The Morgan fingerprint density at radius 3 is 2.28 bits per heavy atom. The molecule has 0 aliphatic rings. The number of esters is 1. The molecule has 0 aliphatic heterocycles.